The van der Waals surface area contributed by atoms with E-state index in [0.717, 1.165) is 6.42 Å². The van der Waals surface area contributed by atoms with Crippen molar-refractivity contribution >= 4 is 0 Å². The molecule has 26 valence electrons. The summed E-state index contributed by atoms with van der Waals surface area (Å²) in [6.45, 7) is 5.50. The molecule has 0 saturated heterocycles. The molecule has 0 unspecified atom stereocenters. The van der Waals surface area contributed by atoms with Crippen LogP contribution in [0.1, 0.15) is 13.3 Å². The van der Waals surface area contributed by atoms with E-state index in [1.807, 2.05) is 6.92 Å². The standard InChI is InChI=1S/C3H7.Cr/c1-3-2;/h1,3H2,2H3;/q-1;. The number of rotatable bonds is 0. The Balaban J connectivity index is 0. The summed E-state index contributed by atoms with van der Waals surface area (Å²) in [6.07, 6.45) is 1.00. The third-order valence-corrected chi connectivity index (χ3v) is 0. The molecular formula is C3H7Cr-. The van der Waals surface area contributed by atoms with Crippen LogP contribution in [0.25, 0.3) is 0 Å². The molecule has 0 atom stereocenters. The van der Waals surface area contributed by atoms with Crippen molar-refractivity contribution in [2.45, 2.75) is 13.3 Å². The normalized spacial score (nSPS) is 4.50. The molecule has 0 saturated carbocycles. The molecule has 0 amide bonds. The van der Waals surface area contributed by atoms with Gasteiger partial charge in [-0.05, 0) is 0 Å². The Kier molecular flexibility index (Phi) is 21.3. The van der Waals surface area contributed by atoms with Gasteiger partial charge in [-0.25, -0.2) is 0 Å². The van der Waals surface area contributed by atoms with Crippen molar-refractivity contribution in [2.24, 2.45) is 0 Å². The maximum absolute atomic E-state index is 3.49. The largest absolute Gasteiger partial charge is 0.344 e. The Morgan fingerprint density at radius 2 is 1.75 bits per heavy atom. The van der Waals surface area contributed by atoms with Gasteiger partial charge in [0.25, 0.3) is 0 Å². The van der Waals surface area contributed by atoms with E-state index >= 15 is 0 Å². The molecule has 0 rings (SSSR count). The van der Waals surface area contributed by atoms with Crippen molar-refractivity contribution < 1.29 is 17.4 Å². The Morgan fingerprint density at radius 1 is 1.75 bits per heavy atom. The van der Waals surface area contributed by atoms with Crippen LogP contribution < -0.4 is 0 Å². The average Bonchev–Trinajstić information content (AvgIpc) is 0.918. The van der Waals surface area contributed by atoms with Crippen LogP contribution in [0.15, 0.2) is 0 Å². The molecule has 0 aliphatic rings. The first-order valence-electron chi connectivity index (χ1n) is 1.21. The summed E-state index contributed by atoms with van der Waals surface area (Å²) in [5, 5.41) is 0. The van der Waals surface area contributed by atoms with E-state index in [0.29, 0.717) is 0 Å². The second-order valence-corrected chi connectivity index (χ2v) is 0.500. The molecule has 0 aromatic rings. The second-order valence-electron chi connectivity index (χ2n) is 0.500. The fourth-order valence-electron chi connectivity index (χ4n) is 0. The van der Waals surface area contributed by atoms with E-state index in [-0.39, 0.29) is 17.4 Å². The average molecular weight is 95.1 g/mol. The monoisotopic (exact) mass is 95.0 g/mol. The smallest absolute Gasteiger partial charge is 0 e. The molecule has 0 bridgehead atoms. The minimum absolute atomic E-state index is 0. The van der Waals surface area contributed by atoms with Gasteiger partial charge < -0.3 is 6.92 Å². The van der Waals surface area contributed by atoms with Gasteiger partial charge in [0.1, 0.15) is 0 Å². The van der Waals surface area contributed by atoms with Crippen molar-refractivity contribution in [2.75, 3.05) is 0 Å². The third-order valence-electron chi connectivity index (χ3n) is 0. The van der Waals surface area contributed by atoms with Gasteiger partial charge in [-0.2, -0.15) is 6.42 Å². The molecule has 0 fully saturated rings. The minimum atomic E-state index is 0. The Labute approximate surface area is 38.3 Å². The maximum atomic E-state index is 3.49. The molecule has 0 heterocycles. The molecule has 0 N–H and O–H groups in total. The van der Waals surface area contributed by atoms with Crippen molar-refractivity contribution in [1.82, 2.24) is 0 Å². The van der Waals surface area contributed by atoms with Crippen LogP contribution in [0.2, 0.25) is 0 Å². The van der Waals surface area contributed by atoms with Gasteiger partial charge in [0, 0.05) is 17.4 Å². The fraction of sp³-hybridized carbons (Fsp3) is 0.667. The van der Waals surface area contributed by atoms with E-state index in [4.69, 9.17) is 0 Å². The van der Waals surface area contributed by atoms with Gasteiger partial charge in [-0.15, -0.1) is 0 Å². The molecule has 0 aliphatic carbocycles. The first-order valence-corrected chi connectivity index (χ1v) is 1.21. The summed E-state index contributed by atoms with van der Waals surface area (Å²) in [5.41, 5.74) is 0. The number of hydrogen-bond donors (Lipinski definition) is 0. The van der Waals surface area contributed by atoms with E-state index in [2.05, 4.69) is 6.92 Å². The Morgan fingerprint density at radius 3 is 1.75 bits per heavy atom. The van der Waals surface area contributed by atoms with Crippen molar-refractivity contribution in [3.05, 3.63) is 6.92 Å². The van der Waals surface area contributed by atoms with Crippen LogP contribution in [-0.4, -0.2) is 0 Å². The Hall–Kier alpha value is 0.532. The number of hydrogen-bond acceptors (Lipinski definition) is 0. The van der Waals surface area contributed by atoms with E-state index in [1.165, 1.54) is 0 Å². The van der Waals surface area contributed by atoms with Crippen LogP contribution >= 0.6 is 0 Å². The summed E-state index contributed by atoms with van der Waals surface area (Å²) >= 11 is 0. The zero-order valence-corrected chi connectivity index (χ0v) is 4.10. The first kappa shape index (κ1) is 8.82. The van der Waals surface area contributed by atoms with E-state index in [9.17, 15) is 0 Å². The van der Waals surface area contributed by atoms with Crippen molar-refractivity contribution in [3.8, 4) is 0 Å². The summed E-state index contributed by atoms with van der Waals surface area (Å²) in [5.74, 6) is 0. The summed E-state index contributed by atoms with van der Waals surface area (Å²) in [7, 11) is 0. The molecule has 0 aromatic heterocycles. The predicted octanol–water partition coefficient (Wildman–Crippen LogP) is 1.23. The first-order chi connectivity index (χ1) is 1.41. The summed E-state index contributed by atoms with van der Waals surface area (Å²) in [6, 6.07) is 0. The van der Waals surface area contributed by atoms with E-state index in [1.54, 1.807) is 0 Å². The predicted molar refractivity (Wildman–Crippen MR) is 15.6 cm³/mol. The third kappa shape index (κ3) is 21.0. The van der Waals surface area contributed by atoms with Gasteiger partial charge in [0.05, 0.1) is 0 Å². The van der Waals surface area contributed by atoms with Crippen LogP contribution in [0.5, 0.6) is 0 Å². The van der Waals surface area contributed by atoms with Gasteiger partial charge in [0.2, 0.25) is 0 Å². The van der Waals surface area contributed by atoms with Crippen LogP contribution in [0.4, 0.5) is 0 Å². The van der Waals surface area contributed by atoms with Crippen LogP contribution in [0.3, 0.4) is 0 Å². The topological polar surface area (TPSA) is 0 Å². The molecule has 0 spiro atoms. The fourth-order valence-corrected chi connectivity index (χ4v) is 0. The van der Waals surface area contributed by atoms with Gasteiger partial charge in [0.15, 0.2) is 0 Å². The zero-order chi connectivity index (χ0) is 2.71. The molecule has 0 aliphatic heterocycles. The van der Waals surface area contributed by atoms with Gasteiger partial charge in [-0.1, -0.05) is 6.92 Å². The SMILES string of the molecule is [CH2-]CC.[Cr]. The van der Waals surface area contributed by atoms with Gasteiger partial charge >= 0.3 is 0 Å². The molecule has 4 heavy (non-hydrogen) atoms. The second kappa shape index (κ2) is 9.65. The summed E-state index contributed by atoms with van der Waals surface area (Å²) in [4.78, 5) is 0. The molecular weight excluding hydrogens is 88.0 g/mol. The van der Waals surface area contributed by atoms with Crippen LogP contribution in [0, 0.1) is 6.92 Å². The molecule has 0 radical (unpaired) electrons. The van der Waals surface area contributed by atoms with Gasteiger partial charge in [-0.3, -0.25) is 0 Å². The molecule has 0 aromatic carbocycles. The summed E-state index contributed by atoms with van der Waals surface area (Å²) < 4.78 is 0. The van der Waals surface area contributed by atoms with Crippen molar-refractivity contribution in [1.29, 1.82) is 0 Å². The van der Waals surface area contributed by atoms with E-state index < -0.39 is 0 Å². The quantitative estimate of drug-likeness (QED) is 0.397. The Bertz CT molecular complexity index is 3.25. The zero-order valence-electron chi connectivity index (χ0n) is 2.82. The molecule has 1 heteroatoms. The van der Waals surface area contributed by atoms with Crippen LogP contribution in [-0.2, 0) is 17.4 Å². The van der Waals surface area contributed by atoms with Crippen molar-refractivity contribution in [3.63, 3.8) is 0 Å². The molecule has 0 nitrogen and oxygen atoms in total. The minimum Gasteiger partial charge on any atom is -0.344 e. The maximum Gasteiger partial charge on any atom is 0 e.